The fraction of sp³-hybridized carbons (Fsp3) is 0.0625. The van der Waals surface area contributed by atoms with E-state index in [1.807, 2.05) is 56.7 Å². The fourth-order valence-electron chi connectivity index (χ4n) is 5.20. The molecule has 3 aromatic carbocycles. The van der Waals surface area contributed by atoms with Crippen molar-refractivity contribution in [2.45, 2.75) is 13.8 Å². The first-order valence-electron chi connectivity index (χ1n) is 12.2. The Labute approximate surface area is 234 Å². The predicted molar refractivity (Wildman–Crippen MR) is 172 cm³/mol. The van der Waals surface area contributed by atoms with Crippen molar-refractivity contribution in [3.8, 4) is 30.6 Å². The van der Waals surface area contributed by atoms with Crippen LogP contribution < -0.4 is 0 Å². The highest BCUT2D eigenvalue weighted by Crippen LogP contribution is 2.44. The SMILES string of the molecule is Cc1cc2c(ccc3sc(-c4ccc(-c5ccc(-c6cc7c(ccc8sc(C)cc87)s6)s5)cc4)cc32)s1. The summed E-state index contributed by atoms with van der Waals surface area (Å²) in [6.07, 6.45) is 0. The van der Waals surface area contributed by atoms with E-state index in [0.29, 0.717) is 0 Å². The zero-order valence-corrected chi connectivity index (χ0v) is 24.2. The van der Waals surface area contributed by atoms with Crippen LogP contribution in [-0.2, 0) is 0 Å². The van der Waals surface area contributed by atoms with Crippen molar-refractivity contribution in [1.82, 2.24) is 0 Å². The van der Waals surface area contributed by atoms with Crippen LogP contribution in [0.15, 0.2) is 84.9 Å². The molecular formula is C32H20S5. The summed E-state index contributed by atoms with van der Waals surface area (Å²) in [5.74, 6) is 0. The van der Waals surface area contributed by atoms with Gasteiger partial charge < -0.3 is 0 Å². The second kappa shape index (κ2) is 8.35. The van der Waals surface area contributed by atoms with Crippen LogP contribution in [0.5, 0.6) is 0 Å². The van der Waals surface area contributed by atoms with Gasteiger partial charge in [0.1, 0.15) is 0 Å². The van der Waals surface area contributed by atoms with E-state index in [4.69, 9.17) is 0 Å². The maximum absolute atomic E-state index is 2.39. The van der Waals surface area contributed by atoms with Crippen molar-refractivity contribution >= 4 is 97.0 Å². The molecule has 178 valence electrons. The average Bonchev–Trinajstić information content (AvgIpc) is 3.71. The Balaban J connectivity index is 1.12. The molecule has 5 heteroatoms. The Hall–Kier alpha value is -2.80. The maximum atomic E-state index is 2.39. The van der Waals surface area contributed by atoms with E-state index in [1.165, 1.54) is 80.7 Å². The number of thiophene rings is 5. The van der Waals surface area contributed by atoms with E-state index in [-0.39, 0.29) is 0 Å². The van der Waals surface area contributed by atoms with Crippen LogP contribution in [0.2, 0.25) is 0 Å². The summed E-state index contributed by atoms with van der Waals surface area (Å²) < 4.78 is 5.50. The Kier molecular flexibility index (Phi) is 5.01. The molecule has 0 spiro atoms. The van der Waals surface area contributed by atoms with E-state index in [0.717, 1.165) is 0 Å². The summed E-state index contributed by atoms with van der Waals surface area (Å²) in [7, 11) is 0. The van der Waals surface area contributed by atoms with Crippen LogP contribution in [-0.4, -0.2) is 0 Å². The molecule has 5 heterocycles. The molecule has 0 amide bonds. The van der Waals surface area contributed by atoms with Gasteiger partial charge in [0.05, 0.1) is 0 Å². The molecule has 0 unspecified atom stereocenters. The largest absolute Gasteiger partial charge is 0.141 e. The van der Waals surface area contributed by atoms with Crippen molar-refractivity contribution in [1.29, 1.82) is 0 Å². The fourth-order valence-corrected chi connectivity index (χ4v) is 10.3. The van der Waals surface area contributed by atoms with Gasteiger partial charge in [0, 0.05) is 69.6 Å². The minimum atomic E-state index is 1.29. The number of benzene rings is 3. The van der Waals surface area contributed by atoms with Crippen LogP contribution in [0.1, 0.15) is 9.75 Å². The smallest absolute Gasteiger partial charge is 0.0455 e. The Bertz CT molecular complexity index is 2100. The monoisotopic (exact) mass is 564 g/mol. The van der Waals surface area contributed by atoms with Gasteiger partial charge in [-0.3, -0.25) is 0 Å². The Morgan fingerprint density at radius 3 is 1.38 bits per heavy atom. The summed E-state index contributed by atoms with van der Waals surface area (Å²) in [5.41, 5.74) is 2.58. The lowest BCUT2D eigenvalue weighted by atomic mass is 10.1. The molecule has 0 radical (unpaired) electrons. The highest BCUT2D eigenvalue weighted by atomic mass is 32.1. The van der Waals surface area contributed by atoms with Gasteiger partial charge in [0.25, 0.3) is 0 Å². The average molecular weight is 565 g/mol. The second-order valence-corrected chi connectivity index (χ2v) is 15.3. The number of rotatable bonds is 3. The molecule has 0 fully saturated rings. The van der Waals surface area contributed by atoms with Gasteiger partial charge in [-0.15, -0.1) is 56.7 Å². The third kappa shape index (κ3) is 3.64. The van der Waals surface area contributed by atoms with E-state index >= 15 is 0 Å². The normalized spacial score (nSPS) is 12.1. The first kappa shape index (κ1) is 22.2. The second-order valence-electron chi connectivity index (χ2n) is 9.46. The van der Waals surface area contributed by atoms with Gasteiger partial charge in [-0.05, 0) is 85.6 Å². The molecule has 0 N–H and O–H groups in total. The molecule has 0 aliphatic carbocycles. The molecule has 0 nitrogen and oxygen atoms in total. The lowest BCUT2D eigenvalue weighted by Gasteiger charge is -2.00. The molecule has 37 heavy (non-hydrogen) atoms. The van der Waals surface area contributed by atoms with Crippen molar-refractivity contribution in [2.75, 3.05) is 0 Å². The molecule has 0 saturated heterocycles. The van der Waals surface area contributed by atoms with Gasteiger partial charge in [-0.1, -0.05) is 24.3 Å². The summed E-state index contributed by atoms with van der Waals surface area (Å²) in [6, 6.07) is 32.2. The van der Waals surface area contributed by atoms with Crippen molar-refractivity contribution in [2.24, 2.45) is 0 Å². The number of fused-ring (bicyclic) bond motifs is 6. The Morgan fingerprint density at radius 2 is 0.784 bits per heavy atom. The van der Waals surface area contributed by atoms with E-state index in [9.17, 15) is 0 Å². The van der Waals surface area contributed by atoms with Gasteiger partial charge in [-0.2, -0.15) is 0 Å². The van der Waals surface area contributed by atoms with Crippen LogP contribution in [0.25, 0.3) is 71.0 Å². The number of aryl methyl sites for hydroxylation is 2. The number of hydrogen-bond acceptors (Lipinski definition) is 5. The minimum absolute atomic E-state index is 1.29. The van der Waals surface area contributed by atoms with Gasteiger partial charge in [-0.25, -0.2) is 0 Å². The van der Waals surface area contributed by atoms with Gasteiger partial charge >= 0.3 is 0 Å². The molecule has 8 rings (SSSR count). The summed E-state index contributed by atoms with van der Waals surface area (Å²) in [5, 5.41) is 5.55. The predicted octanol–water partition coefficient (Wildman–Crippen LogP) is 12.2. The molecule has 0 bridgehead atoms. The maximum Gasteiger partial charge on any atom is 0.0455 e. The first-order chi connectivity index (χ1) is 18.1. The third-order valence-electron chi connectivity index (χ3n) is 6.94. The van der Waals surface area contributed by atoms with Gasteiger partial charge in [0.2, 0.25) is 0 Å². The quantitative estimate of drug-likeness (QED) is 0.200. The molecular weight excluding hydrogens is 545 g/mol. The van der Waals surface area contributed by atoms with Crippen molar-refractivity contribution in [3.63, 3.8) is 0 Å². The zero-order valence-electron chi connectivity index (χ0n) is 20.1. The lowest BCUT2D eigenvalue weighted by Crippen LogP contribution is -1.74. The standard InChI is InChI=1S/C32H20S5/c1-17-13-21-23-15-31(36-28(23)10-8-26(21)33-17)20-5-3-19(4-6-20)25-7-12-30(35-25)32-16-24-22-14-18(2)34-27(22)9-11-29(24)37-32/h3-16H,1-2H3. The lowest BCUT2D eigenvalue weighted by molar-refractivity contribution is 1.66. The van der Waals surface area contributed by atoms with Crippen LogP contribution in [0, 0.1) is 13.8 Å². The van der Waals surface area contributed by atoms with Crippen molar-refractivity contribution < 1.29 is 0 Å². The zero-order chi connectivity index (χ0) is 24.7. The van der Waals surface area contributed by atoms with Gasteiger partial charge in [0.15, 0.2) is 0 Å². The van der Waals surface area contributed by atoms with E-state index in [1.54, 1.807) is 0 Å². The van der Waals surface area contributed by atoms with Crippen LogP contribution in [0.4, 0.5) is 0 Å². The van der Waals surface area contributed by atoms with E-state index in [2.05, 4.69) is 98.8 Å². The molecule has 0 atom stereocenters. The summed E-state index contributed by atoms with van der Waals surface area (Å²) in [4.78, 5) is 8.12. The third-order valence-corrected chi connectivity index (χ3v) is 12.6. The first-order valence-corrected chi connectivity index (χ1v) is 16.2. The van der Waals surface area contributed by atoms with Crippen molar-refractivity contribution in [3.05, 3.63) is 94.7 Å². The molecule has 0 saturated carbocycles. The summed E-state index contributed by atoms with van der Waals surface area (Å²) >= 11 is 9.45. The van der Waals surface area contributed by atoms with Crippen LogP contribution >= 0.6 is 56.7 Å². The molecule has 8 aromatic rings. The number of hydrogen-bond donors (Lipinski definition) is 0. The molecule has 5 aromatic heterocycles. The Morgan fingerprint density at radius 1 is 0.351 bits per heavy atom. The highest BCUT2D eigenvalue weighted by Gasteiger charge is 2.13. The van der Waals surface area contributed by atoms with E-state index < -0.39 is 0 Å². The molecule has 0 aliphatic heterocycles. The van der Waals surface area contributed by atoms with Crippen LogP contribution in [0.3, 0.4) is 0 Å². The minimum Gasteiger partial charge on any atom is -0.141 e. The summed E-state index contributed by atoms with van der Waals surface area (Å²) in [6.45, 7) is 4.40. The highest BCUT2D eigenvalue weighted by molar-refractivity contribution is 7.27. The topological polar surface area (TPSA) is 0 Å². The molecule has 0 aliphatic rings.